The minimum absolute atomic E-state index is 0.0684. The van der Waals surface area contributed by atoms with E-state index in [1.807, 2.05) is 0 Å². The average Bonchev–Trinajstić information content (AvgIpc) is 2.71. The van der Waals surface area contributed by atoms with Crippen LogP contribution >= 0.6 is 0 Å². The predicted octanol–water partition coefficient (Wildman–Crippen LogP) is 0.0499. The summed E-state index contributed by atoms with van der Waals surface area (Å²) < 4.78 is 0. The van der Waals surface area contributed by atoms with E-state index in [1.165, 1.54) is 0 Å². The van der Waals surface area contributed by atoms with Gasteiger partial charge in [0.1, 0.15) is 22.8 Å². The second kappa shape index (κ2) is 3.85. The van der Waals surface area contributed by atoms with Gasteiger partial charge in [-0.25, -0.2) is 4.98 Å². The fourth-order valence-electron chi connectivity index (χ4n) is 2.05. The van der Waals surface area contributed by atoms with Crippen LogP contribution in [0.3, 0.4) is 0 Å². The van der Waals surface area contributed by atoms with Crippen LogP contribution in [0.25, 0.3) is 11.2 Å². The minimum atomic E-state index is -0.0684. The van der Waals surface area contributed by atoms with Crippen molar-refractivity contribution in [3.8, 4) is 0 Å². The van der Waals surface area contributed by atoms with Gasteiger partial charge in [-0.2, -0.15) is 5.10 Å². The first-order chi connectivity index (χ1) is 8.24. The third-order valence-electron chi connectivity index (χ3n) is 2.87. The molecule has 2 aromatic rings. The van der Waals surface area contributed by atoms with Crippen LogP contribution in [0, 0.1) is 6.92 Å². The molecule has 3 heterocycles. The van der Waals surface area contributed by atoms with Gasteiger partial charge < -0.3 is 5.32 Å². The number of carbonyl (C=O) groups is 1. The molecule has 17 heavy (non-hydrogen) atoms. The lowest BCUT2D eigenvalue weighted by atomic mass is 10.0. The zero-order chi connectivity index (χ0) is 11.8. The number of ketones is 1. The summed E-state index contributed by atoms with van der Waals surface area (Å²) in [6.07, 6.45) is 1.05. The quantitative estimate of drug-likeness (QED) is 0.721. The van der Waals surface area contributed by atoms with E-state index < -0.39 is 0 Å². The molecular weight excluding hydrogens is 220 g/mol. The summed E-state index contributed by atoms with van der Waals surface area (Å²) in [5.74, 6) is 0.853. The van der Waals surface area contributed by atoms with Crippen LogP contribution in [0.1, 0.15) is 30.4 Å². The molecule has 1 fully saturated rings. The number of Topliss-reactive ketones (excluding diaryl/α,β-unsaturated/α-hetero) is 1. The minimum Gasteiger partial charge on any atom is -0.308 e. The van der Waals surface area contributed by atoms with Crippen molar-refractivity contribution in [2.45, 2.75) is 25.8 Å². The van der Waals surface area contributed by atoms with E-state index in [4.69, 9.17) is 0 Å². The van der Waals surface area contributed by atoms with Crippen molar-refractivity contribution >= 4 is 16.9 Å². The Morgan fingerprint density at radius 1 is 1.35 bits per heavy atom. The summed E-state index contributed by atoms with van der Waals surface area (Å²) in [6.45, 7) is 2.47. The number of H-pyrrole nitrogens is 1. The Labute approximate surface area is 97.0 Å². The number of piperidine rings is 1. The number of hydrogen-bond donors (Lipinski definition) is 2. The molecule has 1 atom stereocenters. The van der Waals surface area contributed by atoms with Gasteiger partial charge in [0.2, 0.25) is 0 Å². The third kappa shape index (κ3) is 1.78. The molecule has 3 rings (SSSR count). The van der Waals surface area contributed by atoms with Crippen LogP contribution in [-0.2, 0) is 4.79 Å². The first kappa shape index (κ1) is 10.3. The first-order valence-electron chi connectivity index (χ1n) is 5.54. The van der Waals surface area contributed by atoms with E-state index in [9.17, 15) is 4.79 Å². The Balaban J connectivity index is 2.04. The summed E-state index contributed by atoms with van der Waals surface area (Å²) in [7, 11) is 0. The van der Waals surface area contributed by atoms with Crippen molar-refractivity contribution in [3.05, 3.63) is 11.5 Å². The molecular formula is C10H12N6O. The van der Waals surface area contributed by atoms with Crippen LogP contribution in [0.15, 0.2) is 0 Å². The monoisotopic (exact) mass is 232 g/mol. The fourth-order valence-corrected chi connectivity index (χ4v) is 2.05. The molecule has 1 unspecified atom stereocenters. The van der Waals surface area contributed by atoms with Crippen molar-refractivity contribution in [1.82, 2.24) is 30.7 Å². The molecule has 1 aliphatic rings. The van der Waals surface area contributed by atoms with Crippen LogP contribution in [0.5, 0.6) is 0 Å². The second-order valence-electron chi connectivity index (χ2n) is 4.16. The van der Waals surface area contributed by atoms with Gasteiger partial charge >= 0.3 is 0 Å². The molecule has 2 aromatic heterocycles. The molecule has 0 radical (unpaired) electrons. The molecule has 2 N–H and O–H groups in total. The molecule has 0 amide bonds. The summed E-state index contributed by atoms with van der Waals surface area (Å²) in [4.78, 5) is 15.8. The zero-order valence-corrected chi connectivity index (χ0v) is 9.40. The number of nitrogens with one attached hydrogen (secondary N) is 2. The molecule has 0 aliphatic carbocycles. The van der Waals surface area contributed by atoms with Crippen LogP contribution in [0.2, 0.25) is 0 Å². The van der Waals surface area contributed by atoms with E-state index >= 15 is 0 Å². The van der Waals surface area contributed by atoms with Gasteiger partial charge in [-0.3, -0.25) is 9.89 Å². The number of carbonyl (C=O) groups excluding carboxylic acids is 1. The number of aromatic amines is 1. The lowest BCUT2D eigenvalue weighted by Gasteiger charge is -2.20. The van der Waals surface area contributed by atoms with Crippen molar-refractivity contribution in [1.29, 1.82) is 0 Å². The van der Waals surface area contributed by atoms with Gasteiger partial charge in [0.05, 0.1) is 6.04 Å². The van der Waals surface area contributed by atoms with Gasteiger partial charge in [-0.1, -0.05) is 0 Å². The standard InChI is InChI=1S/C10H12N6O/c1-5-12-9-8(14-16-10(9)15-13-5)7-4-6(17)2-3-11-7/h7,11H,2-4H2,1H3,(H,14,15,16). The number of aryl methyl sites for hydroxylation is 1. The molecule has 7 heteroatoms. The Bertz CT molecular complexity index is 577. The highest BCUT2D eigenvalue weighted by molar-refractivity contribution is 5.81. The Morgan fingerprint density at radius 3 is 3.06 bits per heavy atom. The highest BCUT2D eigenvalue weighted by Gasteiger charge is 2.25. The number of rotatable bonds is 1. The number of fused-ring (bicyclic) bond motifs is 1. The predicted molar refractivity (Wildman–Crippen MR) is 59.2 cm³/mol. The van der Waals surface area contributed by atoms with Crippen LogP contribution < -0.4 is 5.32 Å². The van der Waals surface area contributed by atoms with Crippen molar-refractivity contribution < 1.29 is 4.79 Å². The van der Waals surface area contributed by atoms with Crippen molar-refractivity contribution in [2.24, 2.45) is 0 Å². The van der Waals surface area contributed by atoms with E-state index in [0.717, 1.165) is 5.69 Å². The maximum Gasteiger partial charge on any atom is 0.196 e. The lowest BCUT2D eigenvalue weighted by Crippen LogP contribution is -2.32. The maximum atomic E-state index is 11.4. The lowest BCUT2D eigenvalue weighted by molar-refractivity contribution is -0.120. The SMILES string of the molecule is Cc1nnc2[nH]nc(C3CC(=O)CCN3)c2n1. The van der Waals surface area contributed by atoms with E-state index in [2.05, 4.69) is 30.7 Å². The molecule has 1 saturated heterocycles. The Kier molecular flexibility index (Phi) is 2.32. The highest BCUT2D eigenvalue weighted by atomic mass is 16.1. The molecule has 0 spiro atoms. The fraction of sp³-hybridized carbons (Fsp3) is 0.500. The summed E-state index contributed by atoms with van der Waals surface area (Å²) in [5.41, 5.74) is 2.01. The number of aromatic nitrogens is 5. The van der Waals surface area contributed by atoms with Crippen LogP contribution in [-0.4, -0.2) is 37.7 Å². The van der Waals surface area contributed by atoms with Crippen molar-refractivity contribution in [3.63, 3.8) is 0 Å². The zero-order valence-electron chi connectivity index (χ0n) is 9.40. The Hall–Kier alpha value is -1.89. The van der Waals surface area contributed by atoms with E-state index in [-0.39, 0.29) is 11.8 Å². The van der Waals surface area contributed by atoms with E-state index in [0.29, 0.717) is 36.4 Å². The molecule has 1 aliphatic heterocycles. The summed E-state index contributed by atoms with van der Waals surface area (Å²) >= 11 is 0. The number of nitrogens with zero attached hydrogens (tertiary/aromatic N) is 4. The third-order valence-corrected chi connectivity index (χ3v) is 2.87. The largest absolute Gasteiger partial charge is 0.308 e. The normalized spacial score (nSPS) is 21.0. The smallest absolute Gasteiger partial charge is 0.196 e. The van der Waals surface area contributed by atoms with Gasteiger partial charge in [-0.15, -0.1) is 10.2 Å². The molecule has 0 saturated carbocycles. The second-order valence-corrected chi connectivity index (χ2v) is 4.16. The molecule has 7 nitrogen and oxygen atoms in total. The first-order valence-corrected chi connectivity index (χ1v) is 5.54. The van der Waals surface area contributed by atoms with Gasteiger partial charge in [-0.05, 0) is 6.92 Å². The van der Waals surface area contributed by atoms with Gasteiger partial charge in [0.15, 0.2) is 5.65 Å². The van der Waals surface area contributed by atoms with Crippen LogP contribution in [0.4, 0.5) is 0 Å². The van der Waals surface area contributed by atoms with Crippen molar-refractivity contribution in [2.75, 3.05) is 6.54 Å². The summed E-state index contributed by atoms with van der Waals surface area (Å²) in [6, 6.07) is -0.0684. The Morgan fingerprint density at radius 2 is 2.24 bits per heavy atom. The topological polar surface area (TPSA) is 96.5 Å². The number of hydrogen-bond acceptors (Lipinski definition) is 6. The molecule has 88 valence electrons. The molecule has 0 aromatic carbocycles. The average molecular weight is 232 g/mol. The highest BCUT2D eigenvalue weighted by Crippen LogP contribution is 2.23. The maximum absolute atomic E-state index is 11.4. The molecule has 0 bridgehead atoms. The summed E-state index contributed by atoms with van der Waals surface area (Å²) in [5, 5.41) is 18.1. The van der Waals surface area contributed by atoms with E-state index in [1.54, 1.807) is 6.92 Å². The van der Waals surface area contributed by atoms with Gasteiger partial charge in [0, 0.05) is 19.4 Å². The van der Waals surface area contributed by atoms with Gasteiger partial charge in [0.25, 0.3) is 0 Å².